The molecule has 0 spiro atoms. The van der Waals surface area contributed by atoms with E-state index < -0.39 is 0 Å². The standard InChI is InChI=1S/C13H12FNO/c1-16-12-2-3-13(14)11(9-12)8-10-4-6-15-7-5-10/h2-7,9H,8H2,1H3. The quantitative estimate of drug-likeness (QED) is 0.788. The van der Waals surface area contributed by atoms with Crippen LogP contribution >= 0.6 is 0 Å². The zero-order valence-electron chi connectivity index (χ0n) is 8.98. The van der Waals surface area contributed by atoms with Crippen molar-refractivity contribution in [3.63, 3.8) is 0 Å². The fraction of sp³-hybridized carbons (Fsp3) is 0.154. The first-order valence-electron chi connectivity index (χ1n) is 5.01. The summed E-state index contributed by atoms with van der Waals surface area (Å²) in [5, 5.41) is 0. The van der Waals surface area contributed by atoms with Gasteiger partial charge in [-0.1, -0.05) is 0 Å². The smallest absolute Gasteiger partial charge is 0.127 e. The second-order valence-electron chi connectivity index (χ2n) is 3.49. The van der Waals surface area contributed by atoms with Crippen LogP contribution in [0.15, 0.2) is 42.7 Å². The van der Waals surface area contributed by atoms with Crippen LogP contribution in [-0.2, 0) is 6.42 Å². The molecule has 0 saturated heterocycles. The van der Waals surface area contributed by atoms with E-state index in [1.807, 2.05) is 12.1 Å². The number of aromatic nitrogens is 1. The second-order valence-corrected chi connectivity index (χ2v) is 3.49. The van der Waals surface area contributed by atoms with Gasteiger partial charge in [0.15, 0.2) is 0 Å². The van der Waals surface area contributed by atoms with E-state index >= 15 is 0 Å². The van der Waals surface area contributed by atoms with E-state index in [4.69, 9.17) is 4.74 Å². The van der Waals surface area contributed by atoms with Crippen LogP contribution in [0, 0.1) is 5.82 Å². The molecular weight excluding hydrogens is 205 g/mol. The van der Waals surface area contributed by atoms with E-state index in [0.717, 1.165) is 5.56 Å². The topological polar surface area (TPSA) is 22.1 Å². The van der Waals surface area contributed by atoms with Crippen molar-refractivity contribution in [2.24, 2.45) is 0 Å². The molecule has 16 heavy (non-hydrogen) atoms. The zero-order chi connectivity index (χ0) is 11.4. The first kappa shape index (κ1) is 10.6. The van der Waals surface area contributed by atoms with Crippen molar-refractivity contribution >= 4 is 0 Å². The van der Waals surface area contributed by atoms with Crippen molar-refractivity contribution in [3.05, 3.63) is 59.7 Å². The highest BCUT2D eigenvalue weighted by molar-refractivity contribution is 5.33. The lowest BCUT2D eigenvalue weighted by molar-refractivity contribution is 0.413. The Balaban J connectivity index is 2.27. The Bertz CT molecular complexity index is 471. The number of rotatable bonds is 3. The number of nitrogens with zero attached hydrogens (tertiary/aromatic N) is 1. The Morgan fingerprint density at radius 3 is 2.62 bits per heavy atom. The summed E-state index contributed by atoms with van der Waals surface area (Å²) in [6.07, 6.45) is 3.95. The maximum atomic E-state index is 13.5. The summed E-state index contributed by atoms with van der Waals surface area (Å²) in [4.78, 5) is 3.92. The number of halogens is 1. The van der Waals surface area contributed by atoms with Gasteiger partial charge in [0, 0.05) is 18.8 Å². The van der Waals surface area contributed by atoms with E-state index in [-0.39, 0.29) is 5.82 Å². The van der Waals surface area contributed by atoms with Crippen LogP contribution in [0.4, 0.5) is 4.39 Å². The minimum atomic E-state index is -0.211. The largest absolute Gasteiger partial charge is 0.497 e. The molecular formula is C13H12FNO. The van der Waals surface area contributed by atoms with Crippen LogP contribution in [0.1, 0.15) is 11.1 Å². The van der Waals surface area contributed by atoms with Gasteiger partial charge >= 0.3 is 0 Å². The van der Waals surface area contributed by atoms with E-state index in [2.05, 4.69) is 4.98 Å². The highest BCUT2D eigenvalue weighted by atomic mass is 19.1. The lowest BCUT2D eigenvalue weighted by Crippen LogP contribution is -1.94. The van der Waals surface area contributed by atoms with Gasteiger partial charge in [-0.3, -0.25) is 4.98 Å². The van der Waals surface area contributed by atoms with Crippen molar-refractivity contribution in [1.82, 2.24) is 4.98 Å². The maximum Gasteiger partial charge on any atom is 0.127 e. The first-order valence-corrected chi connectivity index (χ1v) is 5.01. The third kappa shape index (κ3) is 2.37. The Morgan fingerprint density at radius 1 is 1.19 bits per heavy atom. The SMILES string of the molecule is COc1ccc(F)c(Cc2ccncc2)c1. The normalized spacial score (nSPS) is 10.1. The molecule has 2 aromatic rings. The number of benzene rings is 1. The number of ether oxygens (including phenoxy) is 1. The molecule has 0 aliphatic carbocycles. The molecule has 3 heteroatoms. The van der Waals surface area contributed by atoms with E-state index in [1.165, 1.54) is 6.07 Å². The van der Waals surface area contributed by atoms with Gasteiger partial charge in [0.1, 0.15) is 11.6 Å². The van der Waals surface area contributed by atoms with Crippen LogP contribution < -0.4 is 4.74 Å². The number of hydrogen-bond donors (Lipinski definition) is 0. The molecule has 0 aliphatic heterocycles. The molecule has 0 aliphatic rings. The Morgan fingerprint density at radius 2 is 1.94 bits per heavy atom. The molecule has 2 rings (SSSR count). The highest BCUT2D eigenvalue weighted by Crippen LogP contribution is 2.19. The molecule has 0 saturated carbocycles. The van der Waals surface area contributed by atoms with E-state index in [0.29, 0.717) is 17.7 Å². The van der Waals surface area contributed by atoms with Crippen LogP contribution in [0.5, 0.6) is 5.75 Å². The summed E-state index contributed by atoms with van der Waals surface area (Å²) in [5.74, 6) is 0.461. The first-order chi connectivity index (χ1) is 7.79. The van der Waals surface area contributed by atoms with Gasteiger partial charge in [0.2, 0.25) is 0 Å². The second kappa shape index (κ2) is 4.75. The summed E-state index contributed by atoms with van der Waals surface area (Å²) < 4.78 is 18.6. The molecule has 0 atom stereocenters. The summed E-state index contributed by atoms with van der Waals surface area (Å²) >= 11 is 0. The van der Waals surface area contributed by atoms with Crippen LogP contribution in [0.25, 0.3) is 0 Å². The van der Waals surface area contributed by atoms with Gasteiger partial charge in [-0.25, -0.2) is 4.39 Å². The van der Waals surface area contributed by atoms with Crippen molar-refractivity contribution in [2.75, 3.05) is 7.11 Å². The van der Waals surface area contributed by atoms with Crippen LogP contribution in [-0.4, -0.2) is 12.1 Å². The number of pyridine rings is 1. The Hall–Kier alpha value is -1.90. The van der Waals surface area contributed by atoms with Crippen LogP contribution in [0.2, 0.25) is 0 Å². The summed E-state index contributed by atoms with van der Waals surface area (Å²) in [6.45, 7) is 0. The third-order valence-electron chi connectivity index (χ3n) is 2.40. The van der Waals surface area contributed by atoms with E-state index in [9.17, 15) is 4.39 Å². The zero-order valence-corrected chi connectivity index (χ0v) is 8.98. The number of hydrogen-bond acceptors (Lipinski definition) is 2. The molecule has 0 amide bonds. The predicted octanol–water partition coefficient (Wildman–Crippen LogP) is 2.82. The minimum absolute atomic E-state index is 0.211. The van der Waals surface area contributed by atoms with Gasteiger partial charge < -0.3 is 4.74 Å². The maximum absolute atomic E-state index is 13.5. The Kier molecular flexibility index (Phi) is 3.15. The molecule has 1 heterocycles. The van der Waals surface area contributed by atoms with Crippen LogP contribution in [0.3, 0.4) is 0 Å². The van der Waals surface area contributed by atoms with Gasteiger partial charge in [0.05, 0.1) is 7.11 Å². The number of methoxy groups -OCH3 is 1. The fourth-order valence-electron chi connectivity index (χ4n) is 1.53. The molecule has 0 fully saturated rings. The van der Waals surface area contributed by atoms with E-state index in [1.54, 1.807) is 31.6 Å². The van der Waals surface area contributed by atoms with Crippen molar-refractivity contribution in [1.29, 1.82) is 0 Å². The average molecular weight is 217 g/mol. The van der Waals surface area contributed by atoms with Crippen molar-refractivity contribution in [3.8, 4) is 5.75 Å². The molecule has 0 radical (unpaired) electrons. The monoisotopic (exact) mass is 217 g/mol. The molecule has 82 valence electrons. The summed E-state index contributed by atoms with van der Waals surface area (Å²) in [7, 11) is 1.57. The van der Waals surface area contributed by atoms with Crippen molar-refractivity contribution < 1.29 is 9.13 Å². The third-order valence-corrected chi connectivity index (χ3v) is 2.40. The van der Waals surface area contributed by atoms with Gasteiger partial charge in [-0.15, -0.1) is 0 Å². The molecule has 0 unspecified atom stereocenters. The molecule has 2 nitrogen and oxygen atoms in total. The molecule has 0 N–H and O–H groups in total. The van der Waals surface area contributed by atoms with Crippen molar-refractivity contribution in [2.45, 2.75) is 6.42 Å². The molecule has 0 bridgehead atoms. The lowest BCUT2D eigenvalue weighted by atomic mass is 10.1. The fourth-order valence-corrected chi connectivity index (χ4v) is 1.53. The Labute approximate surface area is 93.7 Å². The minimum Gasteiger partial charge on any atom is -0.497 e. The summed E-state index contributed by atoms with van der Waals surface area (Å²) in [6, 6.07) is 8.51. The molecule has 1 aromatic heterocycles. The lowest BCUT2D eigenvalue weighted by Gasteiger charge is -2.06. The van der Waals surface area contributed by atoms with Gasteiger partial charge in [0.25, 0.3) is 0 Å². The highest BCUT2D eigenvalue weighted by Gasteiger charge is 2.04. The molecule has 1 aromatic carbocycles. The summed E-state index contributed by atoms with van der Waals surface area (Å²) in [5.41, 5.74) is 1.66. The van der Waals surface area contributed by atoms with Gasteiger partial charge in [-0.2, -0.15) is 0 Å². The predicted molar refractivity (Wildman–Crippen MR) is 60.0 cm³/mol. The van der Waals surface area contributed by atoms with Gasteiger partial charge in [-0.05, 0) is 41.5 Å². The average Bonchev–Trinajstić information content (AvgIpc) is 2.33.